The zero-order chi connectivity index (χ0) is 16.6. The van der Waals surface area contributed by atoms with Crippen molar-refractivity contribution in [2.24, 2.45) is 11.8 Å². The Morgan fingerprint density at radius 3 is 2.38 bits per heavy atom. The van der Waals surface area contributed by atoms with Gasteiger partial charge in [-0.25, -0.2) is 0 Å². The first-order valence-corrected chi connectivity index (χ1v) is 9.99. The van der Waals surface area contributed by atoms with E-state index in [-0.39, 0.29) is 0 Å². The van der Waals surface area contributed by atoms with Gasteiger partial charge >= 0.3 is 0 Å². The Balaban J connectivity index is 1.59. The molecule has 2 aliphatic rings. The van der Waals surface area contributed by atoms with E-state index in [9.17, 15) is 5.11 Å². The summed E-state index contributed by atoms with van der Waals surface area (Å²) in [4.78, 5) is 2.55. The number of rotatable bonds is 3. The van der Waals surface area contributed by atoms with Crippen LogP contribution in [0.1, 0.15) is 30.4 Å². The Labute approximate surface area is 158 Å². The summed E-state index contributed by atoms with van der Waals surface area (Å²) in [6.45, 7) is 2.98. The van der Waals surface area contributed by atoms with Gasteiger partial charge in [-0.3, -0.25) is 4.90 Å². The van der Waals surface area contributed by atoms with Crippen LogP contribution in [0.5, 0.6) is 0 Å². The lowest BCUT2D eigenvalue weighted by Gasteiger charge is -2.53. The van der Waals surface area contributed by atoms with Crippen LogP contribution in [-0.2, 0) is 12.1 Å². The summed E-state index contributed by atoms with van der Waals surface area (Å²) < 4.78 is 1.21. The van der Waals surface area contributed by atoms with Crippen LogP contribution in [0.3, 0.4) is 0 Å². The summed E-state index contributed by atoms with van der Waals surface area (Å²) in [6, 6.07) is 19.2. The first kappa shape index (κ1) is 16.6. The normalized spacial score (nSPS) is 30.2. The van der Waals surface area contributed by atoms with Gasteiger partial charge in [0.2, 0.25) is 0 Å². The van der Waals surface area contributed by atoms with Crippen LogP contribution >= 0.6 is 22.6 Å². The molecule has 2 aromatic carbocycles. The third-order valence-corrected chi connectivity index (χ3v) is 6.51. The molecule has 4 rings (SSSR count). The van der Waals surface area contributed by atoms with Crippen molar-refractivity contribution in [3.63, 3.8) is 0 Å². The first-order chi connectivity index (χ1) is 11.7. The fourth-order valence-electron chi connectivity index (χ4n) is 4.72. The molecule has 3 atom stereocenters. The van der Waals surface area contributed by atoms with Gasteiger partial charge in [0.1, 0.15) is 0 Å². The molecule has 0 radical (unpaired) electrons. The van der Waals surface area contributed by atoms with Crippen molar-refractivity contribution in [3.05, 3.63) is 69.3 Å². The van der Waals surface area contributed by atoms with Gasteiger partial charge in [0.05, 0.1) is 5.60 Å². The minimum absolute atomic E-state index is 0.340. The third kappa shape index (κ3) is 3.02. The van der Waals surface area contributed by atoms with E-state index in [4.69, 9.17) is 0 Å². The van der Waals surface area contributed by atoms with Crippen LogP contribution in [0.4, 0.5) is 0 Å². The minimum Gasteiger partial charge on any atom is -0.384 e. The van der Waals surface area contributed by atoms with Gasteiger partial charge in [-0.1, -0.05) is 48.9 Å². The fraction of sp³-hybridized carbons (Fsp3) is 0.429. The van der Waals surface area contributed by atoms with Crippen LogP contribution in [0.15, 0.2) is 54.6 Å². The quantitative estimate of drug-likeness (QED) is 0.725. The van der Waals surface area contributed by atoms with E-state index >= 15 is 0 Å². The number of likely N-dealkylation sites (tertiary alicyclic amines) is 1. The van der Waals surface area contributed by atoms with E-state index in [1.54, 1.807) is 0 Å². The standard InChI is InChI=1S/C21H24INO/c22-20-11-5-8-17(12-20)21(24)18-9-4-10-19(21)15-23(14-18)13-16-6-2-1-3-7-16/h1-3,5-8,11-12,18-19,24H,4,9-10,13-15H2/t18-,19?,21?/m0/s1. The summed E-state index contributed by atoms with van der Waals surface area (Å²) in [5.74, 6) is 0.679. The Morgan fingerprint density at radius 2 is 1.71 bits per heavy atom. The lowest BCUT2D eigenvalue weighted by molar-refractivity contribution is -0.148. The lowest BCUT2D eigenvalue weighted by atomic mass is 9.62. The number of fused-ring (bicyclic) bond motifs is 2. The van der Waals surface area contributed by atoms with Crippen molar-refractivity contribution in [1.29, 1.82) is 0 Å². The highest BCUT2D eigenvalue weighted by molar-refractivity contribution is 14.1. The lowest BCUT2D eigenvalue weighted by Crippen LogP contribution is -2.57. The number of halogens is 1. The Kier molecular flexibility index (Phi) is 4.67. The molecule has 0 spiro atoms. The molecule has 24 heavy (non-hydrogen) atoms. The molecule has 1 aliphatic carbocycles. The largest absolute Gasteiger partial charge is 0.384 e. The number of benzene rings is 2. The molecule has 1 N–H and O–H groups in total. The van der Waals surface area contributed by atoms with Gasteiger partial charge in [0.15, 0.2) is 0 Å². The zero-order valence-corrected chi connectivity index (χ0v) is 16.0. The van der Waals surface area contributed by atoms with Gasteiger partial charge in [-0.15, -0.1) is 0 Å². The molecule has 1 saturated heterocycles. The van der Waals surface area contributed by atoms with Crippen LogP contribution in [0, 0.1) is 15.4 Å². The predicted molar refractivity (Wildman–Crippen MR) is 106 cm³/mol. The van der Waals surface area contributed by atoms with E-state index in [0.29, 0.717) is 11.8 Å². The maximum absolute atomic E-state index is 11.7. The van der Waals surface area contributed by atoms with Gasteiger partial charge in [0, 0.05) is 35.0 Å². The third-order valence-electron chi connectivity index (χ3n) is 5.84. The van der Waals surface area contributed by atoms with E-state index in [1.807, 2.05) is 0 Å². The molecule has 0 amide bonds. The van der Waals surface area contributed by atoms with Crippen LogP contribution in [0.2, 0.25) is 0 Å². The summed E-state index contributed by atoms with van der Waals surface area (Å²) in [5.41, 5.74) is 1.85. The molecule has 1 aliphatic heterocycles. The molecule has 2 fully saturated rings. The molecule has 2 unspecified atom stereocenters. The monoisotopic (exact) mass is 433 g/mol. The molecule has 1 saturated carbocycles. The second kappa shape index (κ2) is 6.77. The molecule has 1 heterocycles. The molecular weight excluding hydrogens is 409 g/mol. The van der Waals surface area contributed by atoms with E-state index in [0.717, 1.165) is 38.0 Å². The number of aliphatic hydroxyl groups is 1. The van der Waals surface area contributed by atoms with Gasteiger partial charge < -0.3 is 5.11 Å². The van der Waals surface area contributed by atoms with Crippen LogP contribution < -0.4 is 0 Å². The first-order valence-electron chi connectivity index (χ1n) is 8.91. The summed E-state index contributed by atoms with van der Waals surface area (Å²) in [7, 11) is 0. The molecule has 2 aromatic rings. The van der Waals surface area contributed by atoms with E-state index in [1.165, 1.54) is 15.6 Å². The van der Waals surface area contributed by atoms with E-state index < -0.39 is 5.60 Å². The highest BCUT2D eigenvalue weighted by Crippen LogP contribution is 2.49. The maximum atomic E-state index is 11.7. The summed E-state index contributed by atoms with van der Waals surface area (Å²) in [5, 5.41) is 11.7. The van der Waals surface area contributed by atoms with E-state index in [2.05, 4.69) is 82.1 Å². The van der Waals surface area contributed by atoms with Crippen LogP contribution in [0.25, 0.3) is 0 Å². The SMILES string of the molecule is OC1(c2cccc(I)c2)C2CCC[C@H]1CN(Cc1ccccc1)C2. The molecule has 0 aromatic heterocycles. The van der Waals surface area contributed by atoms with Crippen molar-refractivity contribution in [2.75, 3.05) is 13.1 Å². The van der Waals surface area contributed by atoms with Gasteiger partial charge in [-0.05, 0) is 58.7 Å². The van der Waals surface area contributed by atoms with Crippen LogP contribution in [-0.4, -0.2) is 23.1 Å². The Bertz CT molecular complexity index is 688. The zero-order valence-electron chi connectivity index (χ0n) is 13.9. The number of piperidine rings is 1. The number of nitrogens with zero attached hydrogens (tertiary/aromatic N) is 1. The number of hydrogen-bond donors (Lipinski definition) is 1. The van der Waals surface area contributed by atoms with Gasteiger partial charge in [-0.2, -0.15) is 0 Å². The topological polar surface area (TPSA) is 23.5 Å². The summed E-state index contributed by atoms with van der Waals surface area (Å²) in [6.07, 6.45) is 3.51. The van der Waals surface area contributed by atoms with Gasteiger partial charge in [0.25, 0.3) is 0 Å². The fourth-order valence-corrected chi connectivity index (χ4v) is 5.27. The Morgan fingerprint density at radius 1 is 1.00 bits per heavy atom. The van der Waals surface area contributed by atoms with Crippen molar-refractivity contribution in [2.45, 2.75) is 31.4 Å². The second-order valence-corrected chi connectivity index (χ2v) is 8.59. The van der Waals surface area contributed by atoms with Crippen molar-refractivity contribution in [3.8, 4) is 0 Å². The molecule has 3 heteroatoms. The Hall–Kier alpha value is -0.910. The molecular formula is C21H24INO. The molecule has 2 bridgehead atoms. The number of hydrogen-bond acceptors (Lipinski definition) is 2. The minimum atomic E-state index is -0.646. The average molecular weight is 433 g/mol. The maximum Gasteiger partial charge on any atom is 0.0977 e. The molecule has 126 valence electrons. The van der Waals surface area contributed by atoms with Crippen molar-refractivity contribution >= 4 is 22.6 Å². The second-order valence-electron chi connectivity index (χ2n) is 7.34. The highest BCUT2D eigenvalue weighted by atomic mass is 127. The highest BCUT2D eigenvalue weighted by Gasteiger charge is 2.51. The predicted octanol–water partition coefficient (Wildman–Crippen LogP) is 4.41. The van der Waals surface area contributed by atoms with Crippen molar-refractivity contribution < 1.29 is 5.11 Å². The smallest absolute Gasteiger partial charge is 0.0977 e. The molecule has 2 nitrogen and oxygen atoms in total. The summed E-state index contributed by atoms with van der Waals surface area (Å²) >= 11 is 2.35. The van der Waals surface area contributed by atoms with Crippen molar-refractivity contribution in [1.82, 2.24) is 4.90 Å². The average Bonchev–Trinajstić information content (AvgIpc) is 2.57.